The first-order chi connectivity index (χ1) is 11.0. The number of aromatic amines is 1. The van der Waals surface area contributed by atoms with Crippen LogP contribution >= 0.6 is 11.3 Å². The summed E-state index contributed by atoms with van der Waals surface area (Å²) in [6, 6.07) is 7.61. The molecule has 0 saturated carbocycles. The lowest BCUT2D eigenvalue weighted by Gasteiger charge is -2.38. The predicted molar refractivity (Wildman–Crippen MR) is 98.2 cm³/mol. The second kappa shape index (κ2) is 6.62. The molecule has 0 bridgehead atoms. The smallest absolute Gasteiger partial charge is 0.305 e. The van der Waals surface area contributed by atoms with Crippen molar-refractivity contribution in [1.29, 1.82) is 0 Å². The summed E-state index contributed by atoms with van der Waals surface area (Å²) in [7, 11) is 0. The topological polar surface area (TPSA) is 36.1 Å². The summed E-state index contributed by atoms with van der Waals surface area (Å²) >= 11 is 1.37. The maximum absolute atomic E-state index is 12.0. The van der Waals surface area contributed by atoms with Crippen molar-refractivity contribution in [2.24, 2.45) is 0 Å². The SMILES string of the molecule is Cc1ccc(-c2[nH]c(=O)sc2CN2C(C)CCCC2C)c(C)c1. The second-order valence-electron chi connectivity index (χ2n) is 6.93. The first-order valence-corrected chi connectivity index (χ1v) is 9.32. The molecule has 0 radical (unpaired) electrons. The maximum Gasteiger partial charge on any atom is 0.305 e. The largest absolute Gasteiger partial charge is 0.312 e. The van der Waals surface area contributed by atoms with E-state index in [0.717, 1.165) is 17.8 Å². The average molecular weight is 330 g/mol. The van der Waals surface area contributed by atoms with Gasteiger partial charge in [-0.25, -0.2) is 0 Å². The first-order valence-electron chi connectivity index (χ1n) is 8.51. The number of aromatic nitrogens is 1. The molecule has 2 heterocycles. The molecule has 23 heavy (non-hydrogen) atoms. The Balaban J connectivity index is 1.96. The highest BCUT2D eigenvalue weighted by molar-refractivity contribution is 7.09. The number of rotatable bonds is 3. The fourth-order valence-corrected chi connectivity index (χ4v) is 4.59. The van der Waals surface area contributed by atoms with Crippen LogP contribution in [0.3, 0.4) is 0 Å². The number of likely N-dealkylation sites (tertiary alicyclic amines) is 1. The molecule has 124 valence electrons. The van der Waals surface area contributed by atoms with Crippen LogP contribution in [0.15, 0.2) is 23.0 Å². The van der Waals surface area contributed by atoms with Crippen molar-refractivity contribution in [3.05, 3.63) is 43.9 Å². The Labute approximate surface area is 142 Å². The summed E-state index contributed by atoms with van der Waals surface area (Å²) in [6.45, 7) is 9.71. The Morgan fingerprint density at radius 2 is 1.91 bits per heavy atom. The third kappa shape index (κ3) is 3.43. The van der Waals surface area contributed by atoms with Gasteiger partial charge in [0.2, 0.25) is 0 Å². The number of hydrogen-bond donors (Lipinski definition) is 1. The third-order valence-electron chi connectivity index (χ3n) is 5.08. The Morgan fingerprint density at radius 3 is 2.57 bits per heavy atom. The zero-order chi connectivity index (χ0) is 16.6. The third-order valence-corrected chi connectivity index (χ3v) is 5.94. The van der Waals surface area contributed by atoms with Crippen LogP contribution in [0.4, 0.5) is 0 Å². The van der Waals surface area contributed by atoms with E-state index in [1.165, 1.54) is 46.6 Å². The van der Waals surface area contributed by atoms with E-state index in [1.807, 2.05) is 0 Å². The molecule has 1 aliphatic rings. The van der Waals surface area contributed by atoms with Gasteiger partial charge in [-0.2, -0.15) is 0 Å². The minimum absolute atomic E-state index is 0.0484. The van der Waals surface area contributed by atoms with E-state index < -0.39 is 0 Å². The summed E-state index contributed by atoms with van der Waals surface area (Å²) in [5.41, 5.74) is 4.65. The van der Waals surface area contributed by atoms with Gasteiger partial charge in [-0.3, -0.25) is 9.69 Å². The molecule has 1 fully saturated rings. The van der Waals surface area contributed by atoms with Crippen LogP contribution in [0.5, 0.6) is 0 Å². The molecule has 4 heteroatoms. The highest BCUT2D eigenvalue weighted by atomic mass is 32.1. The van der Waals surface area contributed by atoms with E-state index in [9.17, 15) is 4.79 Å². The normalized spacial score (nSPS) is 22.4. The fourth-order valence-electron chi connectivity index (χ4n) is 3.74. The Bertz CT molecular complexity index is 736. The summed E-state index contributed by atoms with van der Waals surface area (Å²) in [4.78, 5) is 18.9. The van der Waals surface area contributed by atoms with Gasteiger partial charge < -0.3 is 4.98 Å². The van der Waals surface area contributed by atoms with Crippen LogP contribution in [-0.2, 0) is 6.54 Å². The Kier molecular flexibility index (Phi) is 4.74. The zero-order valence-corrected chi connectivity index (χ0v) is 15.3. The van der Waals surface area contributed by atoms with Crippen LogP contribution in [0, 0.1) is 13.8 Å². The van der Waals surface area contributed by atoms with E-state index in [0.29, 0.717) is 12.1 Å². The van der Waals surface area contributed by atoms with Gasteiger partial charge in [-0.15, -0.1) is 0 Å². The molecule has 1 saturated heterocycles. The minimum atomic E-state index is 0.0484. The van der Waals surface area contributed by atoms with Gasteiger partial charge >= 0.3 is 4.87 Å². The van der Waals surface area contributed by atoms with Gasteiger partial charge in [0.25, 0.3) is 0 Å². The highest BCUT2D eigenvalue weighted by Gasteiger charge is 2.26. The molecule has 1 aliphatic heterocycles. The van der Waals surface area contributed by atoms with E-state index in [1.54, 1.807) is 0 Å². The van der Waals surface area contributed by atoms with Crippen molar-refractivity contribution >= 4 is 11.3 Å². The molecule has 0 aliphatic carbocycles. The number of nitrogens with one attached hydrogen (secondary N) is 1. The first kappa shape index (κ1) is 16.5. The minimum Gasteiger partial charge on any atom is -0.312 e. The molecular formula is C19H26N2OS. The molecule has 1 aromatic heterocycles. The molecule has 2 unspecified atom stereocenters. The van der Waals surface area contributed by atoms with Crippen molar-refractivity contribution in [2.45, 2.75) is 65.6 Å². The van der Waals surface area contributed by atoms with E-state index >= 15 is 0 Å². The number of thiazole rings is 1. The molecule has 0 amide bonds. The van der Waals surface area contributed by atoms with Crippen molar-refractivity contribution in [3.63, 3.8) is 0 Å². The van der Waals surface area contributed by atoms with Gasteiger partial charge in [0, 0.05) is 29.1 Å². The van der Waals surface area contributed by atoms with Crippen molar-refractivity contribution < 1.29 is 0 Å². The van der Waals surface area contributed by atoms with Crippen molar-refractivity contribution in [2.75, 3.05) is 0 Å². The number of nitrogens with zero attached hydrogens (tertiary/aromatic N) is 1. The summed E-state index contributed by atoms with van der Waals surface area (Å²) in [6.07, 6.45) is 3.82. The molecule has 3 rings (SSSR count). The number of H-pyrrole nitrogens is 1. The number of aryl methyl sites for hydroxylation is 2. The lowest BCUT2D eigenvalue weighted by atomic mass is 9.97. The van der Waals surface area contributed by atoms with Crippen molar-refractivity contribution in [3.8, 4) is 11.3 Å². The van der Waals surface area contributed by atoms with Crippen LogP contribution < -0.4 is 4.87 Å². The van der Waals surface area contributed by atoms with Crippen LogP contribution in [0.25, 0.3) is 11.3 Å². The van der Waals surface area contributed by atoms with E-state index in [2.05, 4.69) is 55.8 Å². The standard InChI is InChI=1S/C19H26N2OS/c1-12-8-9-16(13(2)10-12)18-17(23-19(22)20-18)11-21-14(3)6-5-7-15(21)4/h8-10,14-15H,5-7,11H2,1-4H3,(H,20,22). The number of hydrogen-bond acceptors (Lipinski definition) is 3. The number of benzene rings is 1. The van der Waals surface area contributed by atoms with Crippen LogP contribution in [-0.4, -0.2) is 22.0 Å². The van der Waals surface area contributed by atoms with E-state index in [4.69, 9.17) is 0 Å². The lowest BCUT2D eigenvalue weighted by Crippen LogP contribution is -2.42. The van der Waals surface area contributed by atoms with Crippen molar-refractivity contribution in [1.82, 2.24) is 9.88 Å². The fraction of sp³-hybridized carbons (Fsp3) is 0.526. The summed E-state index contributed by atoms with van der Waals surface area (Å²) < 4.78 is 0. The highest BCUT2D eigenvalue weighted by Crippen LogP contribution is 2.31. The van der Waals surface area contributed by atoms with Crippen LogP contribution in [0.2, 0.25) is 0 Å². The summed E-state index contributed by atoms with van der Waals surface area (Å²) in [5, 5.41) is 0. The second-order valence-corrected chi connectivity index (χ2v) is 8.00. The summed E-state index contributed by atoms with van der Waals surface area (Å²) in [5.74, 6) is 0. The van der Waals surface area contributed by atoms with Gasteiger partial charge in [0.05, 0.1) is 5.69 Å². The van der Waals surface area contributed by atoms with Gasteiger partial charge in [0.15, 0.2) is 0 Å². The molecular weight excluding hydrogens is 304 g/mol. The Morgan fingerprint density at radius 1 is 1.22 bits per heavy atom. The van der Waals surface area contributed by atoms with E-state index in [-0.39, 0.29) is 4.87 Å². The maximum atomic E-state index is 12.0. The van der Waals surface area contributed by atoms with Gasteiger partial charge in [0.1, 0.15) is 0 Å². The van der Waals surface area contributed by atoms with Gasteiger partial charge in [-0.1, -0.05) is 41.5 Å². The Hall–Kier alpha value is -1.39. The molecule has 0 spiro atoms. The van der Waals surface area contributed by atoms with Gasteiger partial charge in [-0.05, 0) is 46.1 Å². The monoisotopic (exact) mass is 330 g/mol. The predicted octanol–water partition coefficient (Wildman–Crippen LogP) is 4.48. The molecule has 2 aromatic rings. The zero-order valence-electron chi connectivity index (χ0n) is 14.5. The lowest BCUT2D eigenvalue weighted by molar-refractivity contribution is 0.0965. The molecule has 3 nitrogen and oxygen atoms in total. The molecule has 1 N–H and O–H groups in total. The average Bonchev–Trinajstić information content (AvgIpc) is 2.84. The molecule has 2 atom stereocenters. The quantitative estimate of drug-likeness (QED) is 0.900. The molecule has 1 aromatic carbocycles. The van der Waals surface area contributed by atoms with Crippen LogP contribution in [0.1, 0.15) is 49.1 Å². The number of piperidine rings is 1.